The van der Waals surface area contributed by atoms with Gasteiger partial charge in [-0.3, -0.25) is 0 Å². The van der Waals surface area contributed by atoms with Gasteiger partial charge in [0.2, 0.25) is 0 Å². The van der Waals surface area contributed by atoms with Gasteiger partial charge >= 0.3 is 0 Å². The maximum absolute atomic E-state index is 8.69. The Kier molecular flexibility index (Phi) is 3.00. The summed E-state index contributed by atoms with van der Waals surface area (Å²) in [6, 6.07) is 11.6. The molecule has 0 atom stereocenters. The summed E-state index contributed by atoms with van der Waals surface area (Å²) in [4.78, 5) is 0. The minimum Gasteiger partial charge on any atom is -0.384 e. The molecule has 16 heavy (non-hydrogen) atoms. The van der Waals surface area contributed by atoms with Crippen molar-refractivity contribution < 1.29 is 5.11 Å². The van der Waals surface area contributed by atoms with Gasteiger partial charge in [-0.1, -0.05) is 42.2 Å². The van der Waals surface area contributed by atoms with Crippen LogP contribution in [-0.2, 0) is 0 Å². The first kappa shape index (κ1) is 10.4. The van der Waals surface area contributed by atoms with Gasteiger partial charge in [0.05, 0.1) is 0 Å². The summed E-state index contributed by atoms with van der Waals surface area (Å²) in [7, 11) is 0. The minimum atomic E-state index is -0.138. The monoisotopic (exact) mass is 209 g/mol. The van der Waals surface area contributed by atoms with Crippen molar-refractivity contribution in [3.8, 4) is 11.8 Å². The van der Waals surface area contributed by atoms with E-state index in [2.05, 4.69) is 11.8 Å². The SMILES string of the molecule is N=Cc1ccc(C#CCO)c2ccccc12. The molecule has 2 nitrogen and oxygen atoms in total. The molecule has 2 rings (SSSR count). The lowest BCUT2D eigenvalue weighted by molar-refractivity contribution is 0.350. The van der Waals surface area contributed by atoms with E-state index in [4.69, 9.17) is 10.5 Å². The molecule has 0 bridgehead atoms. The Morgan fingerprint density at radius 3 is 2.56 bits per heavy atom. The number of aliphatic hydroxyl groups excluding tert-OH is 1. The minimum absolute atomic E-state index is 0.138. The molecular formula is C14H11NO. The van der Waals surface area contributed by atoms with Crippen molar-refractivity contribution in [1.82, 2.24) is 0 Å². The molecule has 0 aromatic heterocycles. The van der Waals surface area contributed by atoms with E-state index in [1.165, 1.54) is 6.21 Å². The second kappa shape index (κ2) is 4.61. The van der Waals surface area contributed by atoms with E-state index in [1.807, 2.05) is 36.4 Å². The number of aliphatic hydroxyl groups is 1. The second-order valence-corrected chi connectivity index (χ2v) is 3.35. The number of rotatable bonds is 1. The van der Waals surface area contributed by atoms with Crippen molar-refractivity contribution in [2.24, 2.45) is 0 Å². The molecule has 0 spiro atoms. The van der Waals surface area contributed by atoms with Crippen LogP contribution >= 0.6 is 0 Å². The van der Waals surface area contributed by atoms with Crippen LogP contribution in [0.4, 0.5) is 0 Å². The highest BCUT2D eigenvalue weighted by molar-refractivity contribution is 6.01. The van der Waals surface area contributed by atoms with Gasteiger partial charge < -0.3 is 10.5 Å². The fourth-order valence-electron chi connectivity index (χ4n) is 1.69. The number of fused-ring (bicyclic) bond motifs is 1. The highest BCUT2D eigenvalue weighted by Crippen LogP contribution is 2.21. The average molecular weight is 209 g/mol. The maximum Gasteiger partial charge on any atom is 0.104 e. The standard InChI is InChI=1S/C14H11NO/c15-10-12-8-7-11(4-3-9-16)13-5-1-2-6-14(12)13/h1-2,5-8,10,15-16H,9H2. The van der Waals surface area contributed by atoms with E-state index >= 15 is 0 Å². The van der Waals surface area contributed by atoms with Crippen molar-refractivity contribution >= 4 is 17.0 Å². The molecule has 0 radical (unpaired) electrons. The Balaban J connectivity index is 2.74. The lowest BCUT2D eigenvalue weighted by Gasteiger charge is -2.03. The third-order valence-corrected chi connectivity index (χ3v) is 2.42. The van der Waals surface area contributed by atoms with Gasteiger partial charge in [-0.2, -0.15) is 0 Å². The van der Waals surface area contributed by atoms with Gasteiger partial charge in [0.15, 0.2) is 0 Å². The molecule has 2 heteroatoms. The Morgan fingerprint density at radius 1 is 1.12 bits per heavy atom. The molecule has 0 saturated heterocycles. The van der Waals surface area contributed by atoms with Crippen molar-refractivity contribution in [2.75, 3.05) is 6.61 Å². The van der Waals surface area contributed by atoms with Crippen LogP contribution in [0, 0.1) is 17.3 Å². The number of benzene rings is 2. The van der Waals surface area contributed by atoms with Gasteiger partial charge in [0.25, 0.3) is 0 Å². The Bertz CT molecular complexity index is 590. The fourth-order valence-corrected chi connectivity index (χ4v) is 1.69. The first-order chi connectivity index (χ1) is 7.86. The average Bonchev–Trinajstić information content (AvgIpc) is 2.36. The number of nitrogens with one attached hydrogen (secondary N) is 1. The molecule has 0 aliphatic heterocycles. The first-order valence-corrected chi connectivity index (χ1v) is 4.99. The zero-order valence-electron chi connectivity index (χ0n) is 8.70. The Labute approximate surface area is 94.1 Å². The van der Waals surface area contributed by atoms with Gasteiger partial charge in [-0.25, -0.2) is 0 Å². The Hall–Kier alpha value is -2.11. The zero-order valence-corrected chi connectivity index (χ0v) is 8.70. The summed E-state index contributed by atoms with van der Waals surface area (Å²) in [6.45, 7) is -0.138. The van der Waals surface area contributed by atoms with Crippen LogP contribution in [0.15, 0.2) is 36.4 Å². The predicted octanol–water partition coefficient (Wildman–Crippen LogP) is 2.18. The largest absolute Gasteiger partial charge is 0.384 e. The highest BCUT2D eigenvalue weighted by atomic mass is 16.2. The molecule has 78 valence electrons. The third kappa shape index (κ3) is 1.81. The first-order valence-electron chi connectivity index (χ1n) is 4.99. The van der Waals surface area contributed by atoms with E-state index in [1.54, 1.807) is 0 Å². The summed E-state index contributed by atoms with van der Waals surface area (Å²) in [5.41, 5.74) is 1.76. The lowest BCUT2D eigenvalue weighted by Crippen LogP contribution is -1.87. The van der Waals surface area contributed by atoms with Crippen LogP contribution in [0.3, 0.4) is 0 Å². The van der Waals surface area contributed by atoms with Crippen LogP contribution in [0.2, 0.25) is 0 Å². The van der Waals surface area contributed by atoms with Crippen LogP contribution < -0.4 is 0 Å². The van der Waals surface area contributed by atoms with E-state index in [9.17, 15) is 0 Å². The fraction of sp³-hybridized carbons (Fsp3) is 0.0714. The number of hydrogen-bond acceptors (Lipinski definition) is 2. The Morgan fingerprint density at radius 2 is 1.88 bits per heavy atom. The summed E-state index contributed by atoms with van der Waals surface area (Å²) in [5.74, 6) is 5.56. The summed E-state index contributed by atoms with van der Waals surface area (Å²) < 4.78 is 0. The van der Waals surface area contributed by atoms with Crippen molar-refractivity contribution in [2.45, 2.75) is 0 Å². The van der Waals surface area contributed by atoms with Crippen LogP contribution in [0.5, 0.6) is 0 Å². The number of hydrogen-bond donors (Lipinski definition) is 2. The lowest BCUT2D eigenvalue weighted by atomic mass is 10.0. The molecule has 2 aromatic rings. The van der Waals surface area contributed by atoms with Crippen molar-refractivity contribution in [1.29, 1.82) is 5.41 Å². The van der Waals surface area contributed by atoms with Crippen LogP contribution in [0.25, 0.3) is 10.8 Å². The van der Waals surface area contributed by atoms with Gasteiger partial charge in [-0.05, 0) is 22.4 Å². The van der Waals surface area contributed by atoms with Crippen LogP contribution in [-0.4, -0.2) is 17.9 Å². The van der Waals surface area contributed by atoms with E-state index in [0.29, 0.717) is 0 Å². The normalized spacial score (nSPS) is 9.56. The molecule has 2 N–H and O–H groups in total. The molecule has 0 saturated carbocycles. The second-order valence-electron chi connectivity index (χ2n) is 3.35. The molecule has 2 aromatic carbocycles. The zero-order chi connectivity index (χ0) is 11.4. The molecular weight excluding hydrogens is 198 g/mol. The van der Waals surface area contributed by atoms with Crippen molar-refractivity contribution in [3.63, 3.8) is 0 Å². The molecule has 0 aliphatic carbocycles. The molecule has 0 fully saturated rings. The molecule has 0 heterocycles. The van der Waals surface area contributed by atoms with E-state index < -0.39 is 0 Å². The summed E-state index contributed by atoms with van der Waals surface area (Å²) >= 11 is 0. The van der Waals surface area contributed by atoms with Crippen LogP contribution in [0.1, 0.15) is 11.1 Å². The van der Waals surface area contributed by atoms with E-state index in [0.717, 1.165) is 21.9 Å². The molecule has 0 amide bonds. The third-order valence-electron chi connectivity index (χ3n) is 2.42. The predicted molar refractivity (Wildman–Crippen MR) is 65.8 cm³/mol. The molecule has 0 unspecified atom stereocenters. The quantitative estimate of drug-likeness (QED) is 0.548. The molecule has 0 aliphatic rings. The van der Waals surface area contributed by atoms with E-state index in [-0.39, 0.29) is 6.61 Å². The summed E-state index contributed by atoms with van der Waals surface area (Å²) in [5, 5.41) is 18.1. The van der Waals surface area contributed by atoms with Gasteiger partial charge in [-0.15, -0.1) is 0 Å². The maximum atomic E-state index is 8.69. The smallest absolute Gasteiger partial charge is 0.104 e. The van der Waals surface area contributed by atoms with Gasteiger partial charge in [0.1, 0.15) is 6.61 Å². The summed E-state index contributed by atoms with van der Waals surface area (Å²) in [6.07, 6.45) is 1.34. The van der Waals surface area contributed by atoms with Crippen molar-refractivity contribution in [3.05, 3.63) is 47.5 Å². The highest BCUT2D eigenvalue weighted by Gasteiger charge is 2.01. The van der Waals surface area contributed by atoms with Gasteiger partial charge in [0, 0.05) is 11.8 Å². The topological polar surface area (TPSA) is 44.1 Å².